The van der Waals surface area contributed by atoms with Crippen LogP contribution in [-0.2, 0) is 10.0 Å². The summed E-state index contributed by atoms with van der Waals surface area (Å²) in [6, 6.07) is 14.2. The molecule has 1 unspecified atom stereocenters. The Morgan fingerprint density at radius 1 is 1.06 bits per heavy atom. The van der Waals surface area contributed by atoms with Gasteiger partial charge in [-0.15, -0.1) is 0 Å². The molecule has 164 valence electrons. The highest BCUT2D eigenvalue weighted by molar-refractivity contribution is 7.89. The van der Waals surface area contributed by atoms with Crippen LogP contribution in [0.25, 0.3) is 0 Å². The quantitative estimate of drug-likeness (QED) is 0.519. The molecule has 1 aromatic heterocycles. The van der Waals surface area contributed by atoms with Crippen molar-refractivity contribution in [2.45, 2.75) is 37.8 Å². The van der Waals surface area contributed by atoms with E-state index in [-0.39, 0.29) is 10.9 Å². The van der Waals surface area contributed by atoms with Crippen molar-refractivity contribution in [3.63, 3.8) is 0 Å². The Balaban J connectivity index is 1.74. The number of benzene rings is 2. The minimum absolute atomic E-state index is 0.160. The fraction of sp³-hybridized carbons (Fsp3) is 0.286. The highest BCUT2D eigenvalue weighted by Crippen LogP contribution is 2.21. The average molecular weight is 443 g/mol. The topological polar surface area (TPSA) is 120 Å². The normalized spacial score (nSPS) is 12.7. The van der Waals surface area contributed by atoms with Crippen LogP contribution in [0, 0.1) is 6.92 Å². The number of aromatic amines is 1. The van der Waals surface area contributed by atoms with Crippen LogP contribution in [0.4, 0.5) is 10.5 Å². The fourth-order valence-electron chi connectivity index (χ4n) is 2.88. The van der Waals surface area contributed by atoms with Gasteiger partial charge < -0.3 is 10.6 Å². The Kier molecular flexibility index (Phi) is 6.71. The molecule has 0 aliphatic carbocycles. The van der Waals surface area contributed by atoms with E-state index in [4.69, 9.17) is 0 Å². The number of hydrogen-bond acceptors (Lipinski definition) is 5. The van der Waals surface area contributed by atoms with E-state index in [2.05, 4.69) is 25.8 Å². The third-order valence-corrected chi connectivity index (χ3v) is 6.85. The van der Waals surface area contributed by atoms with Crippen molar-refractivity contribution in [3.05, 3.63) is 71.8 Å². The van der Waals surface area contributed by atoms with Crippen LogP contribution in [-0.4, -0.2) is 47.0 Å². The number of nitrogens with zero attached hydrogens (tertiary/aromatic N) is 3. The van der Waals surface area contributed by atoms with E-state index < -0.39 is 22.1 Å². The van der Waals surface area contributed by atoms with Crippen LogP contribution in [0.5, 0.6) is 0 Å². The van der Waals surface area contributed by atoms with Gasteiger partial charge in [0.05, 0.1) is 4.90 Å². The molecule has 0 fully saturated rings. The molecule has 2 amide bonds. The molecule has 31 heavy (non-hydrogen) atoms. The summed E-state index contributed by atoms with van der Waals surface area (Å²) in [6.45, 7) is 5.39. The summed E-state index contributed by atoms with van der Waals surface area (Å²) < 4.78 is 26.5. The number of hydrogen-bond donors (Lipinski definition) is 3. The van der Waals surface area contributed by atoms with Crippen molar-refractivity contribution in [3.8, 4) is 0 Å². The average Bonchev–Trinajstić information content (AvgIpc) is 3.18. The van der Waals surface area contributed by atoms with Crippen LogP contribution in [0.3, 0.4) is 0 Å². The predicted molar refractivity (Wildman–Crippen MR) is 118 cm³/mol. The first-order chi connectivity index (χ1) is 14.7. The van der Waals surface area contributed by atoms with Gasteiger partial charge in [-0.25, -0.2) is 18.2 Å². The molecule has 2 aromatic carbocycles. The number of H-pyrrole nitrogens is 1. The van der Waals surface area contributed by atoms with E-state index in [0.717, 1.165) is 5.56 Å². The standard InChI is InChI=1S/C21H26N6O3S/c1-14(2)27(4)31(29,30)18-12-10-17(11-13-18)23-21(28)24-19(16-8-6-5-7-9-16)20-22-15(3)25-26-20/h5-14,19H,1-4H3,(H,22,25,26)(H2,23,24,28). The maximum atomic E-state index is 12.6. The Morgan fingerprint density at radius 3 is 2.26 bits per heavy atom. The highest BCUT2D eigenvalue weighted by Gasteiger charge is 2.23. The Bertz CT molecular complexity index is 1130. The summed E-state index contributed by atoms with van der Waals surface area (Å²) in [5.41, 5.74) is 1.29. The molecule has 0 spiro atoms. The molecule has 0 radical (unpaired) electrons. The van der Waals surface area contributed by atoms with Crippen molar-refractivity contribution >= 4 is 21.7 Å². The Hall–Kier alpha value is -3.24. The Labute approximate surface area is 181 Å². The van der Waals surface area contributed by atoms with E-state index in [9.17, 15) is 13.2 Å². The monoisotopic (exact) mass is 442 g/mol. The number of urea groups is 1. The second kappa shape index (κ2) is 9.27. The SMILES string of the molecule is Cc1nc(C(NC(=O)Nc2ccc(S(=O)(=O)N(C)C(C)C)cc2)c2ccccc2)n[nH]1. The van der Waals surface area contributed by atoms with Gasteiger partial charge in [-0.05, 0) is 50.6 Å². The molecular weight excluding hydrogens is 416 g/mol. The van der Waals surface area contributed by atoms with E-state index in [1.807, 2.05) is 30.3 Å². The summed E-state index contributed by atoms with van der Waals surface area (Å²) >= 11 is 0. The summed E-state index contributed by atoms with van der Waals surface area (Å²) in [5, 5.41) is 12.6. The number of aromatic nitrogens is 3. The van der Waals surface area contributed by atoms with Crippen LogP contribution in [0.15, 0.2) is 59.5 Å². The van der Waals surface area contributed by atoms with Gasteiger partial charge in [-0.1, -0.05) is 30.3 Å². The van der Waals surface area contributed by atoms with Crippen molar-refractivity contribution in [2.75, 3.05) is 12.4 Å². The van der Waals surface area contributed by atoms with Crippen LogP contribution < -0.4 is 10.6 Å². The largest absolute Gasteiger partial charge is 0.324 e. The van der Waals surface area contributed by atoms with Gasteiger partial charge >= 0.3 is 6.03 Å². The minimum Gasteiger partial charge on any atom is -0.324 e. The number of carbonyl (C=O) groups is 1. The first-order valence-corrected chi connectivity index (χ1v) is 11.2. The fourth-order valence-corrected chi connectivity index (χ4v) is 4.25. The summed E-state index contributed by atoms with van der Waals surface area (Å²) in [4.78, 5) is 17.1. The van der Waals surface area contributed by atoms with E-state index in [1.54, 1.807) is 32.9 Å². The Morgan fingerprint density at radius 2 is 1.71 bits per heavy atom. The van der Waals surface area contributed by atoms with Crippen molar-refractivity contribution in [1.29, 1.82) is 0 Å². The predicted octanol–water partition coefficient (Wildman–Crippen LogP) is 3.05. The van der Waals surface area contributed by atoms with Gasteiger partial charge in [0.1, 0.15) is 11.9 Å². The number of amides is 2. The molecule has 9 nitrogen and oxygen atoms in total. The molecule has 0 aliphatic rings. The smallest absolute Gasteiger partial charge is 0.320 e. The van der Waals surface area contributed by atoms with Crippen molar-refractivity contribution in [2.24, 2.45) is 0 Å². The van der Waals surface area contributed by atoms with Crippen LogP contribution in [0.2, 0.25) is 0 Å². The van der Waals surface area contributed by atoms with Gasteiger partial charge in [-0.3, -0.25) is 5.10 Å². The number of nitrogens with one attached hydrogen (secondary N) is 3. The van der Waals surface area contributed by atoms with Crippen molar-refractivity contribution in [1.82, 2.24) is 24.8 Å². The summed E-state index contributed by atoms with van der Waals surface area (Å²) in [6.07, 6.45) is 0. The molecule has 0 saturated carbocycles. The van der Waals surface area contributed by atoms with Crippen molar-refractivity contribution < 1.29 is 13.2 Å². The molecule has 10 heteroatoms. The maximum Gasteiger partial charge on any atom is 0.320 e. The third-order valence-electron chi connectivity index (χ3n) is 4.80. The lowest BCUT2D eigenvalue weighted by Crippen LogP contribution is -2.34. The lowest BCUT2D eigenvalue weighted by molar-refractivity contribution is 0.249. The number of carbonyl (C=O) groups excluding carboxylic acids is 1. The number of anilines is 1. The highest BCUT2D eigenvalue weighted by atomic mass is 32.2. The second-order valence-corrected chi connectivity index (χ2v) is 9.36. The van der Waals surface area contributed by atoms with Crippen LogP contribution in [0.1, 0.15) is 37.1 Å². The number of rotatable bonds is 7. The van der Waals surface area contributed by atoms with Gasteiger partial charge in [0.15, 0.2) is 5.82 Å². The van der Waals surface area contributed by atoms with E-state index in [0.29, 0.717) is 17.3 Å². The van der Waals surface area contributed by atoms with Gasteiger partial charge in [0, 0.05) is 18.8 Å². The van der Waals surface area contributed by atoms with Gasteiger partial charge in [0.25, 0.3) is 0 Å². The molecule has 0 bridgehead atoms. The molecular formula is C21H26N6O3S. The molecule has 0 aliphatic heterocycles. The maximum absolute atomic E-state index is 12.6. The second-order valence-electron chi connectivity index (χ2n) is 7.36. The van der Waals surface area contributed by atoms with E-state index in [1.165, 1.54) is 23.5 Å². The third kappa shape index (κ3) is 5.28. The summed E-state index contributed by atoms with van der Waals surface area (Å²) in [7, 11) is -2.05. The summed E-state index contributed by atoms with van der Waals surface area (Å²) in [5.74, 6) is 1.08. The molecule has 3 aromatic rings. The lowest BCUT2D eigenvalue weighted by Gasteiger charge is -2.21. The first kappa shape index (κ1) is 22.4. The first-order valence-electron chi connectivity index (χ1n) is 9.78. The molecule has 3 rings (SSSR count). The molecule has 3 N–H and O–H groups in total. The number of aryl methyl sites for hydroxylation is 1. The zero-order chi connectivity index (χ0) is 22.6. The molecule has 1 atom stereocenters. The zero-order valence-electron chi connectivity index (χ0n) is 17.8. The van der Waals surface area contributed by atoms with Gasteiger partial charge in [-0.2, -0.15) is 9.40 Å². The minimum atomic E-state index is -3.59. The zero-order valence-corrected chi connectivity index (χ0v) is 18.6. The van der Waals surface area contributed by atoms with Crippen LogP contribution >= 0.6 is 0 Å². The molecule has 0 saturated heterocycles. The molecule has 1 heterocycles. The number of sulfonamides is 1. The lowest BCUT2D eigenvalue weighted by atomic mass is 10.1. The van der Waals surface area contributed by atoms with Gasteiger partial charge in [0.2, 0.25) is 10.0 Å². The van der Waals surface area contributed by atoms with E-state index >= 15 is 0 Å².